The molecule has 0 aliphatic heterocycles. The number of amides is 2. The number of hydrogen-bond donors (Lipinski definition) is 1. The van der Waals surface area contributed by atoms with E-state index in [0.717, 1.165) is 23.1 Å². The average molecular weight is 431 g/mol. The van der Waals surface area contributed by atoms with E-state index in [4.69, 9.17) is 16.3 Å². The van der Waals surface area contributed by atoms with Gasteiger partial charge in [-0.3, -0.25) is 9.59 Å². The summed E-state index contributed by atoms with van der Waals surface area (Å²) in [7, 11) is 0. The molecule has 0 fully saturated rings. The van der Waals surface area contributed by atoms with Crippen LogP contribution in [0.3, 0.4) is 0 Å². The summed E-state index contributed by atoms with van der Waals surface area (Å²) in [5.41, 5.74) is 2.92. The van der Waals surface area contributed by atoms with Gasteiger partial charge in [-0.2, -0.15) is 0 Å². The number of nitrogens with one attached hydrogen (secondary N) is 1. The summed E-state index contributed by atoms with van der Waals surface area (Å²) < 4.78 is 5.78. The van der Waals surface area contributed by atoms with Crippen LogP contribution in [-0.4, -0.2) is 35.9 Å². The summed E-state index contributed by atoms with van der Waals surface area (Å²) in [5, 5.41) is 3.47. The minimum absolute atomic E-state index is 0.148. The Labute approximate surface area is 184 Å². The van der Waals surface area contributed by atoms with Crippen molar-refractivity contribution in [3.63, 3.8) is 0 Å². The van der Waals surface area contributed by atoms with Gasteiger partial charge in [0.1, 0.15) is 11.8 Å². The van der Waals surface area contributed by atoms with E-state index in [1.807, 2.05) is 64.1 Å². The minimum Gasteiger partial charge on any atom is -0.484 e. The zero-order valence-electron chi connectivity index (χ0n) is 18.2. The van der Waals surface area contributed by atoms with Gasteiger partial charge in [0, 0.05) is 18.1 Å². The number of nitrogens with zero attached hydrogens (tertiary/aromatic N) is 1. The van der Waals surface area contributed by atoms with Crippen molar-refractivity contribution < 1.29 is 14.3 Å². The highest BCUT2D eigenvalue weighted by atomic mass is 35.5. The Bertz CT molecular complexity index is 849. The molecule has 0 unspecified atom stereocenters. The van der Waals surface area contributed by atoms with Crippen LogP contribution in [0.1, 0.15) is 43.4 Å². The highest BCUT2D eigenvalue weighted by molar-refractivity contribution is 6.31. The largest absolute Gasteiger partial charge is 0.484 e. The quantitative estimate of drug-likeness (QED) is 0.595. The number of carbonyl (C=O) groups is 2. The zero-order chi connectivity index (χ0) is 22.1. The fraction of sp³-hybridized carbons (Fsp3) is 0.417. The molecular weight excluding hydrogens is 400 g/mol. The first-order valence-corrected chi connectivity index (χ1v) is 10.7. The lowest BCUT2D eigenvalue weighted by Crippen LogP contribution is -2.50. The SMILES string of the molecule is CCCNC(=O)[C@@H](CC)N(Cc1ccccc1Cl)C(=O)COc1cc(C)cc(C)c1. The third-order valence-electron chi connectivity index (χ3n) is 4.79. The van der Waals surface area contributed by atoms with Gasteiger partial charge in [-0.1, -0.05) is 49.7 Å². The fourth-order valence-corrected chi connectivity index (χ4v) is 3.54. The second-order valence-electron chi connectivity index (χ2n) is 7.44. The number of rotatable bonds is 10. The van der Waals surface area contributed by atoms with Crippen LogP contribution in [0.25, 0.3) is 0 Å². The summed E-state index contributed by atoms with van der Waals surface area (Å²) in [6, 6.07) is 12.6. The third kappa shape index (κ3) is 6.77. The van der Waals surface area contributed by atoms with Crippen LogP contribution in [0.2, 0.25) is 5.02 Å². The Hall–Kier alpha value is -2.53. The zero-order valence-corrected chi connectivity index (χ0v) is 19.0. The first-order valence-electron chi connectivity index (χ1n) is 10.4. The van der Waals surface area contributed by atoms with Crippen molar-refractivity contribution in [2.75, 3.05) is 13.2 Å². The van der Waals surface area contributed by atoms with E-state index in [1.165, 1.54) is 0 Å². The van der Waals surface area contributed by atoms with Crippen LogP contribution in [0.15, 0.2) is 42.5 Å². The van der Waals surface area contributed by atoms with Crippen LogP contribution < -0.4 is 10.1 Å². The summed E-state index contributed by atoms with van der Waals surface area (Å²) in [4.78, 5) is 27.5. The van der Waals surface area contributed by atoms with Crippen LogP contribution >= 0.6 is 11.6 Å². The molecule has 162 valence electrons. The van der Waals surface area contributed by atoms with E-state index in [-0.39, 0.29) is 25.0 Å². The lowest BCUT2D eigenvalue weighted by molar-refractivity contribution is -0.143. The van der Waals surface area contributed by atoms with Gasteiger partial charge < -0.3 is 15.0 Å². The smallest absolute Gasteiger partial charge is 0.261 e. The van der Waals surface area contributed by atoms with Gasteiger partial charge in [-0.25, -0.2) is 0 Å². The van der Waals surface area contributed by atoms with Crippen molar-refractivity contribution in [2.24, 2.45) is 0 Å². The van der Waals surface area contributed by atoms with E-state index < -0.39 is 6.04 Å². The Morgan fingerprint density at radius 1 is 1.10 bits per heavy atom. The lowest BCUT2D eigenvalue weighted by Gasteiger charge is -2.30. The summed E-state index contributed by atoms with van der Waals surface area (Å²) >= 11 is 6.32. The van der Waals surface area contributed by atoms with Crippen LogP contribution in [0, 0.1) is 13.8 Å². The second kappa shape index (κ2) is 11.6. The summed E-state index contributed by atoms with van der Waals surface area (Å²) in [6.45, 7) is 8.52. The normalized spacial score (nSPS) is 11.6. The van der Waals surface area contributed by atoms with Gasteiger partial charge in [0.25, 0.3) is 5.91 Å². The van der Waals surface area contributed by atoms with Crippen molar-refractivity contribution in [1.29, 1.82) is 0 Å². The van der Waals surface area contributed by atoms with Gasteiger partial charge in [0.05, 0.1) is 0 Å². The molecule has 2 aromatic rings. The van der Waals surface area contributed by atoms with Crippen LogP contribution in [0.4, 0.5) is 0 Å². The maximum Gasteiger partial charge on any atom is 0.261 e. The minimum atomic E-state index is -0.594. The number of carbonyl (C=O) groups excluding carboxylic acids is 2. The standard InChI is InChI=1S/C24H31ClN2O3/c1-5-11-26-24(29)22(6-2)27(15-19-9-7-8-10-21(19)25)23(28)16-30-20-13-17(3)12-18(4)14-20/h7-10,12-14,22H,5-6,11,15-16H2,1-4H3,(H,26,29)/t22-/m1/s1. The average Bonchev–Trinajstić information content (AvgIpc) is 2.71. The van der Waals surface area contributed by atoms with Crippen molar-refractivity contribution >= 4 is 23.4 Å². The molecule has 0 aliphatic rings. The highest BCUT2D eigenvalue weighted by Gasteiger charge is 2.29. The first kappa shape index (κ1) is 23.7. The third-order valence-corrected chi connectivity index (χ3v) is 5.16. The number of halogens is 1. The molecule has 2 amide bonds. The van der Waals surface area contributed by atoms with Gasteiger partial charge in [-0.05, 0) is 61.6 Å². The Morgan fingerprint density at radius 2 is 1.77 bits per heavy atom. The van der Waals surface area contributed by atoms with E-state index >= 15 is 0 Å². The lowest BCUT2D eigenvalue weighted by atomic mass is 10.1. The molecule has 0 aliphatic carbocycles. The Kier molecular flexibility index (Phi) is 9.18. The first-order chi connectivity index (χ1) is 14.3. The number of benzene rings is 2. The van der Waals surface area contributed by atoms with E-state index in [0.29, 0.717) is 23.7 Å². The maximum absolute atomic E-state index is 13.2. The van der Waals surface area contributed by atoms with Crippen molar-refractivity contribution in [3.8, 4) is 5.75 Å². The molecule has 1 atom stereocenters. The maximum atomic E-state index is 13.2. The van der Waals surface area contributed by atoms with Gasteiger partial charge in [0.15, 0.2) is 6.61 Å². The molecule has 0 bridgehead atoms. The molecule has 30 heavy (non-hydrogen) atoms. The van der Waals surface area contributed by atoms with Crippen LogP contribution in [-0.2, 0) is 16.1 Å². The predicted molar refractivity (Wildman–Crippen MR) is 121 cm³/mol. The molecule has 2 rings (SSSR count). The molecular formula is C24H31ClN2O3. The number of aryl methyl sites for hydroxylation is 2. The number of hydrogen-bond acceptors (Lipinski definition) is 3. The van der Waals surface area contributed by atoms with E-state index in [1.54, 1.807) is 11.0 Å². The monoisotopic (exact) mass is 430 g/mol. The molecule has 0 saturated carbocycles. The van der Waals surface area contributed by atoms with Crippen LogP contribution in [0.5, 0.6) is 5.75 Å². The molecule has 0 radical (unpaired) electrons. The Balaban J connectivity index is 2.22. The molecule has 0 spiro atoms. The topological polar surface area (TPSA) is 58.6 Å². The predicted octanol–water partition coefficient (Wildman–Crippen LogP) is 4.67. The summed E-state index contributed by atoms with van der Waals surface area (Å²) in [5.74, 6) is 0.223. The van der Waals surface area contributed by atoms with Gasteiger partial charge in [-0.15, -0.1) is 0 Å². The molecule has 0 aromatic heterocycles. The van der Waals surface area contributed by atoms with Crippen molar-refractivity contribution in [1.82, 2.24) is 10.2 Å². The fourth-order valence-electron chi connectivity index (χ4n) is 3.34. The van der Waals surface area contributed by atoms with Crippen molar-refractivity contribution in [2.45, 2.75) is 53.1 Å². The Morgan fingerprint density at radius 3 is 2.37 bits per heavy atom. The number of ether oxygens (including phenoxy) is 1. The van der Waals surface area contributed by atoms with E-state index in [9.17, 15) is 9.59 Å². The van der Waals surface area contributed by atoms with E-state index in [2.05, 4.69) is 5.32 Å². The molecule has 0 saturated heterocycles. The molecule has 5 nitrogen and oxygen atoms in total. The van der Waals surface area contributed by atoms with Gasteiger partial charge >= 0.3 is 0 Å². The van der Waals surface area contributed by atoms with Gasteiger partial charge in [0.2, 0.25) is 5.91 Å². The molecule has 2 aromatic carbocycles. The van der Waals surface area contributed by atoms with Crippen molar-refractivity contribution in [3.05, 3.63) is 64.2 Å². The highest BCUT2D eigenvalue weighted by Crippen LogP contribution is 2.21. The molecule has 0 heterocycles. The second-order valence-corrected chi connectivity index (χ2v) is 7.85. The summed E-state index contributed by atoms with van der Waals surface area (Å²) in [6.07, 6.45) is 1.33. The molecule has 6 heteroatoms. The molecule has 1 N–H and O–H groups in total.